The average molecular weight is 281 g/mol. The zero-order valence-electron chi connectivity index (χ0n) is 11.5. The van der Waals surface area contributed by atoms with Crippen molar-refractivity contribution in [2.24, 2.45) is 0 Å². The van der Waals surface area contributed by atoms with E-state index in [4.69, 9.17) is 14.2 Å². The van der Waals surface area contributed by atoms with E-state index >= 15 is 0 Å². The second-order valence-electron chi connectivity index (χ2n) is 4.74. The Morgan fingerprint density at radius 2 is 1.90 bits per heavy atom. The molecule has 0 aliphatic carbocycles. The van der Waals surface area contributed by atoms with Crippen molar-refractivity contribution >= 4 is 0 Å². The molecule has 0 fully saturated rings. The molecule has 0 amide bonds. The summed E-state index contributed by atoms with van der Waals surface area (Å²) >= 11 is 0. The van der Waals surface area contributed by atoms with Crippen molar-refractivity contribution < 1.29 is 14.2 Å². The second-order valence-corrected chi connectivity index (χ2v) is 4.74. The highest BCUT2D eigenvalue weighted by Gasteiger charge is 2.14. The third-order valence-corrected chi connectivity index (χ3v) is 3.38. The Balaban J connectivity index is 1.57. The van der Waals surface area contributed by atoms with E-state index in [2.05, 4.69) is 6.07 Å². The quantitative estimate of drug-likeness (QED) is 0.841. The molecule has 0 saturated heterocycles. The van der Waals surface area contributed by atoms with Crippen LogP contribution in [0.3, 0.4) is 0 Å². The molecule has 0 radical (unpaired) electrons. The zero-order chi connectivity index (χ0) is 14.5. The van der Waals surface area contributed by atoms with E-state index in [1.165, 1.54) is 0 Å². The summed E-state index contributed by atoms with van der Waals surface area (Å²) in [6, 6.07) is 17.6. The third kappa shape index (κ3) is 3.09. The first-order valence-electron chi connectivity index (χ1n) is 6.84. The second kappa shape index (κ2) is 6.19. The molecule has 0 N–H and O–H groups in total. The first-order chi connectivity index (χ1) is 10.4. The van der Waals surface area contributed by atoms with Crippen LogP contribution < -0.4 is 14.2 Å². The molecule has 106 valence electrons. The van der Waals surface area contributed by atoms with Gasteiger partial charge >= 0.3 is 0 Å². The Morgan fingerprint density at radius 1 is 1.10 bits per heavy atom. The van der Waals surface area contributed by atoms with Gasteiger partial charge in [0.1, 0.15) is 5.75 Å². The van der Waals surface area contributed by atoms with Crippen molar-refractivity contribution in [2.45, 2.75) is 12.3 Å². The fourth-order valence-electron chi connectivity index (χ4n) is 2.25. The molecule has 0 spiro atoms. The maximum Gasteiger partial charge on any atom is 0.231 e. The smallest absolute Gasteiger partial charge is 0.231 e. The van der Waals surface area contributed by atoms with Gasteiger partial charge in [-0.3, -0.25) is 0 Å². The largest absolute Gasteiger partial charge is 0.493 e. The Kier molecular flexibility index (Phi) is 3.92. The van der Waals surface area contributed by atoms with E-state index in [-0.39, 0.29) is 12.7 Å². The van der Waals surface area contributed by atoms with E-state index in [0.717, 1.165) is 17.1 Å². The average Bonchev–Trinajstić information content (AvgIpc) is 3.00. The molecule has 3 rings (SSSR count). The number of hydrogen-bond donors (Lipinski definition) is 0. The molecule has 1 unspecified atom stereocenters. The number of benzene rings is 2. The summed E-state index contributed by atoms with van der Waals surface area (Å²) in [7, 11) is 0. The van der Waals surface area contributed by atoms with Crippen molar-refractivity contribution in [3.05, 3.63) is 54.1 Å². The van der Waals surface area contributed by atoms with Crippen LogP contribution >= 0.6 is 0 Å². The van der Waals surface area contributed by atoms with Crippen molar-refractivity contribution in [2.75, 3.05) is 13.4 Å². The number of nitrogens with zero attached hydrogens (tertiary/aromatic N) is 1. The Bertz CT molecular complexity index is 649. The van der Waals surface area contributed by atoms with Gasteiger partial charge in [-0.2, -0.15) is 5.26 Å². The van der Waals surface area contributed by atoms with Gasteiger partial charge < -0.3 is 14.2 Å². The lowest BCUT2D eigenvalue weighted by Crippen LogP contribution is -2.04. The predicted octanol–water partition coefficient (Wildman–Crippen LogP) is 3.49. The lowest BCUT2D eigenvalue weighted by atomic mass is 9.98. The minimum atomic E-state index is -0.153. The summed E-state index contributed by atoms with van der Waals surface area (Å²) in [6.45, 7) is 0.732. The van der Waals surface area contributed by atoms with Gasteiger partial charge in [-0.15, -0.1) is 0 Å². The topological polar surface area (TPSA) is 51.5 Å². The molecule has 21 heavy (non-hydrogen) atoms. The zero-order valence-corrected chi connectivity index (χ0v) is 11.5. The molecule has 0 bridgehead atoms. The summed E-state index contributed by atoms with van der Waals surface area (Å²) in [5.74, 6) is 2.01. The van der Waals surface area contributed by atoms with Crippen LogP contribution in [0.4, 0.5) is 0 Å². The first kappa shape index (κ1) is 13.3. The number of nitriles is 1. The van der Waals surface area contributed by atoms with Crippen LogP contribution in [0.15, 0.2) is 48.5 Å². The van der Waals surface area contributed by atoms with Gasteiger partial charge in [0.05, 0.1) is 18.6 Å². The van der Waals surface area contributed by atoms with Gasteiger partial charge in [-0.05, 0) is 17.7 Å². The Morgan fingerprint density at radius 3 is 2.71 bits per heavy atom. The molecule has 1 heterocycles. The van der Waals surface area contributed by atoms with Crippen LogP contribution in [-0.2, 0) is 0 Å². The highest BCUT2D eigenvalue weighted by Crippen LogP contribution is 2.35. The van der Waals surface area contributed by atoms with Crippen LogP contribution in [0.5, 0.6) is 17.2 Å². The molecule has 4 heteroatoms. The van der Waals surface area contributed by atoms with Gasteiger partial charge in [0.25, 0.3) is 0 Å². The Hall–Kier alpha value is -2.67. The fourth-order valence-corrected chi connectivity index (χ4v) is 2.25. The lowest BCUT2D eigenvalue weighted by molar-refractivity contribution is 0.173. The molecular formula is C17H15NO3. The number of rotatable bonds is 5. The van der Waals surface area contributed by atoms with Crippen LogP contribution in [0.1, 0.15) is 17.9 Å². The van der Waals surface area contributed by atoms with Gasteiger partial charge in [0.15, 0.2) is 11.5 Å². The summed E-state index contributed by atoms with van der Waals surface area (Å²) in [4.78, 5) is 0. The van der Waals surface area contributed by atoms with E-state index < -0.39 is 0 Å². The van der Waals surface area contributed by atoms with Crippen LogP contribution in [0.2, 0.25) is 0 Å². The number of ether oxygens (including phenoxy) is 3. The maximum atomic E-state index is 9.26. The van der Waals surface area contributed by atoms with Crippen molar-refractivity contribution in [3.8, 4) is 23.3 Å². The van der Waals surface area contributed by atoms with Crippen LogP contribution in [-0.4, -0.2) is 13.4 Å². The summed E-state index contributed by atoms with van der Waals surface area (Å²) in [5.41, 5.74) is 1.02. The van der Waals surface area contributed by atoms with E-state index in [1.807, 2.05) is 48.5 Å². The minimum absolute atomic E-state index is 0.153. The molecule has 0 aromatic heterocycles. The standard InChI is InChI=1S/C17H15NO3/c18-11-14(13-4-2-1-3-5-13)8-9-19-15-6-7-16-17(10-15)21-12-20-16/h1-7,10,14H,8-9,12H2. The molecule has 1 aliphatic rings. The normalized spacial score (nSPS) is 13.5. The van der Waals surface area contributed by atoms with Crippen molar-refractivity contribution in [3.63, 3.8) is 0 Å². The summed E-state index contributed by atoms with van der Waals surface area (Å²) < 4.78 is 16.3. The molecule has 2 aromatic carbocycles. The first-order valence-corrected chi connectivity index (χ1v) is 6.84. The number of hydrogen-bond acceptors (Lipinski definition) is 4. The maximum absolute atomic E-state index is 9.26. The summed E-state index contributed by atoms with van der Waals surface area (Å²) in [5, 5.41) is 9.26. The monoisotopic (exact) mass is 281 g/mol. The van der Waals surface area contributed by atoms with Crippen molar-refractivity contribution in [1.82, 2.24) is 0 Å². The minimum Gasteiger partial charge on any atom is -0.493 e. The Labute approximate surface area is 123 Å². The van der Waals surface area contributed by atoms with Gasteiger partial charge in [0, 0.05) is 12.5 Å². The fraction of sp³-hybridized carbons (Fsp3) is 0.235. The number of fused-ring (bicyclic) bond motifs is 1. The van der Waals surface area contributed by atoms with Gasteiger partial charge in [0.2, 0.25) is 6.79 Å². The SMILES string of the molecule is N#CC(CCOc1ccc2c(c1)OCO2)c1ccccc1. The van der Waals surface area contributed by atoms with Gasteiger partial charge in [-0.1, -0.05) is 30.3 Å². The molecular weight excluding hydrogens is 266 g/mol. The van der Waals surface area contributed by atoms with E-state index in [0.29, 0.717) is 18.8 Å². The third-order valence-electron chi connectivity index (χ3n) is 3.38. The van der Waals surface area contributed by atoms with E-state index in [9.17, 15) is 5.26 Å². The van der Waals surface area contributed by atoms with Gasteiger partial charge in [-0.25, -0.2) is 0 Å². The highest BCUT2D eigenvalue weighted by atomic mass is 16.7. The molecule has 1 aliphatic heterocycles. The predicted molar refractivity (Wildman–Crippen MR) is 77.5 cm³/mol. The summed E-state index contributed by atoms with van der Waals surface area (Å²) in [6.07, 6.45) is 0.648. The molecule has 0 saturated carbocycles. The lowest BCUT2D eigenvalue weighted by Gasteiger charge is -2.11. The molecule has 4 nitrogen and oxygen atoms in total. The highest BCUT2D eigenvalue weighted by molar-refractivity contribution is 5.46. The van der Waals surface area contributed by atoms with Crippen molar-refractivity contribution in [1.29, 1.82) is 5.26 Å². The van der Waals surface area contributed by atoms with E-state index in [1.54, 1.807) is 0 Å². The van der Waals surface area contributed by atoms with Crippen LogP contribution in [0, 0.1) is 11.3 Å². The van der Waals surface area contributed by atoms with Crippen LogP contribution in [0.25, 0.3) is 0 Å². The molecule has 2 aromatic rings. The molecule has 1 atom stereocenters.